The van der Waals surface area contributed by atoms with Crippen molar-refractivity contribution in [2.75, 3.05) is 6.61 Å². The number of rotatable bonds is 3. The van der Waals surface area contributed by atoms with E-state index in [4.69, 9.17) is 4.74 Å². The Labute approximate surface area is 82.3 Å². The lowest BCUT2D eigenvalue weighted by molar-refractivity contribution is 0.0512. The van der Waals surface area contributed by atoms with Crippen LogP contribution < -0.4 is 0 Å². The minimum atomic E-state index is -0.719. The van der Waals surface area contributed by atoms with Gasteiger partial charge in [-0.3, -0.25) is 4.68 Å². The molecule has 0 unspecified atom stereocenters. The number of hydrogen-bond acceptors (Lipinski definition) is 4. The Kier molecular flexibility index (Phi) is 3.24. The minimum absolute atomic E-state index is 0.185. The van der Waals surface area contributed by atoms with Crippen LogP contribution in [0.5, 0.6) is 0 Å². The quantitative estimate of drug-likeness (QED) is 0.724. The number of aliphatic hydroxyl groups excluding tert-OH is 1. The summed E-state index contributed by atoms with van der Waals surface area (Å²) in [5.74, 6) is -0.496. The highest BCUT2D eigenvalue weighted by atomic mass is 16.5. The van der Waals surface area contributed by atoms with Crippen molar-refractivity contribution in [3.05, 3.63) is 17.5 Å². The second-order valence-electron chi connectivity index (χ2n) is 3.00. The van der Waals surface area contributed by atoms with E-state index in [1.54, 1.807) is 27.1 Å². The summed E-state index contributed by atoms with van der Waals surface area (Å²) in [4.78, 5) is 11.4. The minimum Gasteiger partial charge on any atom is -0.461 e. The third-order valence-corrected chi connectivity index (χ3v) is 1.78. The number of nitrogens with zero attached hydrogens (tertiary/aromatic N) is 2. The van der Waals surface area contributed by atoms with Gasteiger partial charge in [0.05, 0.1) is 12.7 Å². The first-order valence-corrected chi connectivity index (χ1v) is 4.45. The molecule has 78 valence electrons. The average molecular weight is 198 g/mol. The SMILES string of the molecule is CCOC(=O)c1nn(C)cc1[C@H](C)O. The summed E-state index contributed by atoms with van der Waals surface area (Å²) in [5, 5.41) is 13.3. The third-order valence-electron chi connectivity index (χ3n) is 1.78. The maximum Gasteiger partial charge on any atom is 0.359 e. The molecule has 0 amide bonds. The molecular formula is C9H14N2O3. The van der Waals surface area contributed by atoms with Crippen LogP contribution in [-0.2, 0) is 11.8 Å². The number of hydrogen-bond donors (Lipinski definition) is 1. The molecule has 5 nitrogen and oxygen atoms in total. The molecule has 1 aromatic heterocycles. The molecular weight excluding hydrogens is 184 g/mol. The zero-order chi connectivity index (χ0) is 10.7. The van der Waals surface area contributed by atoms with Gasteiger partial charge in [0.2, 0.25) is 0 Å². The van der Waals surface area contributed by atoms with Crippen LogP contribution in [0.1, 0.15) is 36.0 Å². The Bertz CT molecular complexity index is 331. The Balaban J connectivity index is 3.00. The lowest BCUT2D eigenvalue weighted by atomic mass is 10.1. The number of ether oxygens (including phenoxy) is 1. The molecule has 0 bridgehead atoms. The van der Waals surface area contributed by atoms with Gasteiger partial charge >= 0.3 is 5.97 Å². The smallest absolute Gasteiger partial charge is 0.359 e. The predicted octanol–water partition coefficient (Wildman–Crippen LogP) is 0.650. The molecule has 0 saturated carbocycles. The van der Waals surface area contributed by atoms with E-state index in [1.807, 2.05) is 0 Å². The molecule has 0 spiro atoms. The first-order valence-electron chi connectivity index (χ1n) is 4.45. The zero-order valence-electron chi connectivity index (χ0n) is 8.52. The predicted molar refractivity (Wildman–Crippen MR) is 49.8 cm³/mol. The summed E-state index contributed by atoms with van der Waals surface area (Å²) in [6.07, 6.45) is 0.889. The van der Waals surface area contributed by atoms with Crippen molar-refractivity contribution in [3.8, 4) is 0 Å². The molecule has 0 aliphatic heterocycles. The molecule has 0 saturated heterocycles. The summed E-state index contributed by atoms with van der Waals surface area (Å²) in [6.45, 7) is 3.61. The fourth-order valence-corrected chi connectivity index (χ4v) is 1.17. The number of carbonyl (C=O) groups is 1. The molecule has 0 radical (unpaired) electrons. The Morgan fingerprint density at radius 3 is 2.93 bits per heavy atom. The van der Waals surface area contributed by atoms with Gasteiger partial charge in [-0.2, -0.15) is 5.10 Å². The van der Waals surface area contributed by atoms with Gasteiger partial charge in [0.1, 0.15) is 0 Å². The van der Waals surface area contributed by atoms with Crippen molar-refractivity contribution >= 4 is 5.97 Å². The molecule has 0 aromatic carbocycles. The first-order chi connectivity index (χ1) is 6.56. The first kappa shape index (κ1) is 10.7. The molecule has 1 heterocycles. The van der Waals surface area contributed by atoms with Crippen LogP contribution in [0.15, 0.2) is 6.20 Å². The Morgan fingerprint density at radius 2 is 2.43 bits per heavy atom. The molecule has 0 aliphatic carbocycles. The van der Waals surface area contributed by atoms with Crippen LogP contribution in [0.3, 0.4) is 0 Å². The van der Waals surface area contributed by atoms with Crippen LogP contribution in [0.2, 0.25) is 0 Å². The summed E-state index contributed by atoms with van der Waals surface area (Å²) in [5.41, 5.74) is 0.676. The van der Waals surface area contributed by atoms with Gasteiger partial charge in [0.25, 0.3) is 0 Å². The van der Waals surface area contributed by atoms with Crippen molar-refractivity contribution < 1.29 is 14.6 Å². The lowest BCUT2D eigenvalue weighted by Crippen LogP contribution is -2.09. The second-order valence-corrected chi connectivity index (χ2v) is 3.00. The van der Waals surface area contributed by atoms with E-state index >= 15 is 0 Å². The number of aliphatic hydroxyl groups is 1. The molecule has 14 heavy (non-hydrogen) atoms. The highest BCUT2D eigenvalue weighted by Gasteiger charge is 2.19. The topological polar surface area (TPSA) is 64.3 Å². The summed E-state index contributed by atoms with van der Waals surface area (Å²) in [7, 11) is 1.69. The molecule has 1 N–H and O–H groups in total. The maximum atomic E-state index is 11.4. The molecule has 1 rings (SSSR count). The van der Waals surface area contributed by atoms with E-state index in [-0.39, 0.29) is 5.69 Å². The van der Waals surface area contributed by atoms with Crippen molar-refractivity contribution in [3.63, 3.8) is 0 Å². The van der Waals surface area contributed by atoms with E-state index in [0.717, 1.165) is 0 Å². The van der Waals surface area contributed by atoms with Crippen molar-refractivity contribution in [2.24, 2.45) is 7.05 Å². The normalized spacial score (nSPS) is 12.6. The molecule has 0 fully saturated rings. The van der Waals surface area contributed by atoms with Gasteiger partial charge in [-0.1, -0.05) is 0 Å². The van der Waals surface area contributed by atoms with Crippen molar-refractivity contribution in [2.45, 2.75) is 20.0 Å². The molecule has 5 heteroatoms. The van der Waals surface area contributed by atoms with E-state index in [2.05, 4.69) is 5.10 Å². The summed E-state index contributed by atoms with van der Waals surface area (Å²) in [6, 6.07) is 0. The van der Waals surface area contributed by atoms with Crippen molar-refractivity contribution in [1.29, 1.82) is 0 Å². The van der Waals surface area contributed by atoms with Crippen LogP contribution >= 0.6 is 0 Å². The van der Waals surface area contributed by atoms with E-state index in [1.165, 1.54) is 4.68 Å². The van der Waals surface area contributed by atoms with Crippen LogP contribution in [0, 0.1) is 0 Å². The molecule has 1 aromatic rings. The summed E-state index contributed by atoms with van der Waals surface area (Å²) < 4.78 is 6.29. The standard InChI is InChI=1S/C9H14N2O3/c1-4-14-9(13)8-7(6(2)12)5-11(3)10-8/h5-6,12H,4H2,1-3H3/t6-/m0/s1. The number of carbonyl (C=O) groups excluding carboxylic acids is 1. The highest BCUT2D eigenvalue weighted by molar-refractivity contribution is 5.88. The van der Waals surface area contributed by atoms with Crippen LogP contribution in [-0.4, -0.2) is 27.5 Å². The maximum absolute atomic E-state index is 11.4. The van der Waals surface area contributed by atoms with Gasteiger partial charge in [0.15, 0.2) is 5.69 Å². The lowest BCUT2D eigenvalue weighted by Gasteiger charge is -2.03. The van der Waals surface area contributed by atoms with E-state index < -0.39 is 12.1 Å². The number of aryl methyl sites for hydroxylation is 1. The van der Waals surface area contributed by atoms with E-state index in [0.29, 0.717) is 12.2 Å². The van der Waals surface area contributed by atoms with E-state index in [9.17, 15) is 9.90 Å². The van der Waals surface area contributed by atoms with Gasteiger partial charge < -0.3 is 9.84 Å². The largest absolute Gasteiger partial charge is 0.461 e. The van der Waals surface area contributed by atoms with Gasteiger partial charge in [-0.05, 0) is 13.8 Å². The fourth-order valence-electron chi connectivity index (χ4n) is 1.17. The van der Waals surface area contributed by atoms with Crippen LogP contribution in [0.25, 0.3) is 0 Å². The molecule has 1 atom stereocenters. The second kappa shape index (κ2) is 4.23. The number of aromatic nitrogens is 2. The third kappa shape index (κ3) is 2.11. The van der Waals surface area contributed by atoms with Gasteiger partial charge in [-0.25, -0.2) is 4.79 Å². The Morgan fingerprint density at radius 1 is 1.79 bits per heavy atom. The van der Waals surface area contributed by atoms with Gasteiger partial charge in [-0.15, -0.1) is 0 Å². The summed E-state index contributed by atoms with van der Waals surface area (Å²) >= 11 is 0. The van der Waals surface area contributed by atoms with Crippen molar-refractivity contribution in [1.82, 2.24) is 9.78 Å². The highest BCUT2D eigenvalue weighted by Crippen LogP contribution is 2.16. The zero-order valence-corrected chi connectivity index (χ0v) is 8.52. The monoisotopic (exact) mass is 198 g/mol. The number of esters is 1. The molecule has 0 aliphatic rings. The van der Waals surface area contributed by atoms with Crippen LogP contribution in [0.4, 0.5) is 0 Å². The van der Waals surface area contributed by atoms with Gasteiger partial charge in [0, 0.05) is 18.8 Å². The average Bonchev–Trinajstić information content (AvgIpc) is 2.48. The Hall–Kier alpha value is -1.36. The fraction of sp³-hybridized carbons (Fsp3) is 0.556.